The predicted octanol–water partition coefficient (Wildman–Crippen LogP) is 7.51. The van der Waals surface area contributed by atoms with Gasteiger partial charge >= 0.3 is 0 Å². The van der Waals surface area contributed by atoms with Crippen molar-refractivity contribution in [1.82, 2.24) is 10.1 Å². The van der Waals surface area contributed by atoms with E-state index in [4.69, 9.17) is 4.52 Å². The van der Waals surface area contributed by atoms with Crippen molar-refractivity contribution in [2.75, 3.05) is 4.90 Å². The molecule has 160 valence electrons. The van der Waals surface area contributed by atoms with Gasteiger partial charge in [0.2, 0.25) is 5.82 Å². The molecule has 0 N–H and O–H groups in total. The average Bonchev–Trinajstić information content (AvgIpc) is 3.36. The van der Waals surface area contributed by atoms with Gasteiger partial charge in [0.25, 0.3) is 5.89 Å². The molecule has 2 heterocycles. The molecule has 1 aromatic heterocycles. The highest BCUT2D eigenvalue weighted by molar-refractivity contribution is 5.86. The van der Waals surface area contributed by atoms with Gasteiger partial charge in [-0.1, -0.05) is 85.7 Å². The molecule has 0 fully saturated rings. The van der Waals surface area contributed by atoms with Crippen molar-refractivity contribution in [2.45, 2.75) is 19.3 Å². The number of rotatable bonds is 3. The molecule has 0 atom stereocenters. The summed E-state index contributed by atoms with van der Waals surface area (Å²) in [4.78, 5) is 6.93. The monoisotopic (exact) mass is 429 g/mol. The summed E-state index contributed by atoms with van der Waals surface area (Å²) in [5, 5.41) is 4.15. The summed E-state index contributed by atoms with van der Waals surface area (Å²) in [7, 11) is 0. The smallest absolute Gasteiger partial charge is 0.258 e. The second kappa shape index (κ2) is 7.45. The molecule has 0 unspecified atom stereocenters. The fourth-order valence-corrected chi connectivity index (χ4v) is 4.75. The number of aromatic nitrogens is 2. The van der Waals surface area contributed by atoms with Gasteiger partial charge in [-0.3, -0.25) is 0 Å². The molecule has 0 spiro atoms. The van der Waals surface area contributed by atoms with Crippen LogP contribution in [0.2, 0.25) is 0 Å². The van der Waals surface area contributed by atoms with Crippen molar-refractivity contribution >= 4 is 17.1 Å². The predicted molar refractivity (Wildman–Crippen MR) is 132 cm³/mol. The van der Waals surface area contributed by atoms with Gasteiger partial charge in [0.1, 0.15) is 0 Å². The van der Waals surface area contributed by atoms with Gasteiger partial charge in [0.05, 0.1) is 11.4 Å². The van der Waals surface area contributed by atoms with E-state index in [1.807, 2.05) is 42.5 Å². The van der Waals surface area contributed by atoms with Gasteiger partial charge in [0.15, 0.2) is 0 Å². The van der Waals surface area contributed by atoms with E-state index < -0.39 is 0 Å². The second-order valence-electron chi connectivity index (χ2n) is 8.83. The van der Waals surface area contributed by atoms with E-state index in [1.54, 1.807) is 0 Å². The summed E-state index contributed by atoms with van der Waals surface area (Å²) in [6.45, 7) is 4.59. The van der Waals surface area contributed by atoms with Crippen molar-refractivity contribution in [3.8, 4) is 22.8 Å². The third-order valence-corrected chi connectivity index (χ3v) is 6.47. The van der Waals surface area contributed by atoms with Crippen LogP contribution >= 0.6 is 0 Å². The van der Waals surface area contributed by atoms with Crippen LogP contribution in [0.15, 0.2) is 108 Å². The Labute approximate surface area is 193 Å². The number of para-hydroxylation sites is 2. The molecule has 0 bridgehead atoms. The molecular formula is C29H23N3O. The van der Waals surface area contributed by atoms with Crippen LogP contribution in [-0.4, -0.2) is 10.1 Å². The van der Waals surface area contributed by atoms with Gasteiger partial charge in [0, 0.05) is 22.2 Å². The third kappa shape index (κ3) is 3.14. The zero-order valence-corrected chi connectivity index (χ0v) is 18.6. The lowest BCUT2D eigenvalue weighted by Gasteiger charge is -2.42. The first-order valence-electron chi connectivity index (χ1n) is 11.1. The molecule has 0 amide bonds. The largest absolute Gasteiger partial charge is 0.334 e. The van der Waals surface area contributed by atoms with Gasteiger partial charge in [-0.2, -0.15) is 4.98 Å². The number of hydrogen-bond acceptors (Lipinski definition) is 4. The molecule has 0 aliphatic carbocycles. The van der Waals surface area contributed by atoms with Crippen molar-refractivity contribution in [3.05, 3.63) is 114 Å². The van der Waals surface area contributed by atoms with Gasteiger partial charge in [-0.25, -0.2) is 0 Å². The van der Waals surface area contributed by atoms with Crippen molar-refractivity contribution in [1.29, 1.82) is 0 Å². The highest BCUT2D eigenvalue weighted by Crippen LogP contribution is 2.51. The number of hydrogen-bond donors (Lipinski definition) is 0. The second-order valence-corrected chi connectivity index (χ2v) is 8.83. The summed E-state index contributed by atoms with van der Waals surface area (Å²) < 4.78 is 5.56. The Balaban J connectivity index is 1.40. The SMILES string of the molecule is CC1(C)c2ccccc2N(c2ccc(-c3nc(-c4ccccc4)no3)cc2)c2ccccc21. The Kier molecular flexibility index (Phi) is 4.40. The van der Waals surface area contributed by atoms with E-state index in [1.165, 1.54) is 22.5 Å². The summed E-state index contributed by atoms with van der Waals surface area (Å²) in [6.07, 6.45) is 0. The zero-order valence-electron chi connectivity index (χ0n) is 18.6. The normalized spacial score (nSPS) is 13.9. The highest BCUT2D eigenvalue weighted by atomic mass is 16.5. The fourth-order valence-electron chi connectivity index (χ4n) is 4.75. The van der Waals surface area contributed by atoms with Crippen LogP contribution < -0.4 is 4.90 Å². The zero-order chi connectivity index (χ0) is 22.4. The molecule has 0 radical (unpaired) electrons. The Bertz CT molecular complexity index is 1390. The molecule has 4 aromatic carbocycles. The molecule has 4 heteroatoms. The topological polar surface area (TPSA) is 42.2 Å². The number of anilines is 3. The first kappa shape index (κ1) is 19.5. The minimum Gasteiger partial charge on any atom is -0.334 e. The third-order valence-electron chi connectivity index (χ3n) is 6.47. The standard InChI is InChI=1S/C29H23N3O/c1-29(2)23-12-6-8-14-25(23)32(26-15-9-7-13-24(26)29)22-18-16-21(17-19-22)28-30-27(31-33-28)20-10-4-3-5-11-20/h3-19H,1-2H3. The van der Waals surface area contributed by atoms with Crippen LogP contribution in [0.3, 0.4) is 0 Å². The van der Waals surface area contributed by atoms with Gasteiger partial charge in [-0.05, 0) is 47.5 Å². The van der Waals surface area contributed by atoms with Crippen LogP contribution in [0.4, 0.5) is 17.1 Å². The summed E-state index contributed by atoms with van der Waals surface area (Å²) >= 11 is 0. The maximum absolute atomic E-state index is 5.56. The van der Waals surface area contributed by atoms with Crippen LogP contribution in [0.25, 0.3) is 22.8 Å². The average molecular weight is 430 g/mol. The van der Waals surface area contributed by atoms with E-state index in [0.717, 1.165) is 16.8 Å². The van der Waals surface area contributed by atoms with Gasteiger partial charge in [-0.15, -0.1) is 0 Å². The molecule has 6 rings (SSSR count). The lowest BCUT2D eigenvalue weighted by molar-refractivity contribution is 0.432. The Morgan fingerprint density at radius 1 is 0.636 bits per heavy atom. The minimum atomic E-state index is -0.0682. The first-order valence-corrected chi connectivity index (χ1v) is 11.1. The van der Waals surface area contributed by atoms with Gasteiger partial charge < -0.3 is 9.42 Å². The minimum absolute atomic E-state index is 0.0682. The van der Waals surface area contributed by atoms with E-state index in [0.29, 0.717) is 11.7 Å². The Morgan fingerprint density at radius 2 is 1.21 bits per heavy atom. The number of nitrogens with zero attached hydrogens (tertiary/aromatic N) is 3. The van der Waals surface area contributed by atoms with Crippen LogP contribution in [-0.2, 0) is 5.41 Å². The molecule has 1 aliphatic heterocycles. The van der Waals surface area contributed by atoms with Crippen LogP contribution in [0.5, 0.6) is 0 Å². The first-order chi connectivity index (χ1) is 16.1. The molecule has 0 saturated carbocycles. The fraction of sp³-hybridized carbons (Fsp3) is 0.103. The number of fused-ring (bicyclic) bond motifs is 2. The molecule has 4 nitrogen and oxygen atoms in total. The van der Waals surface area contributed by atoms with Crippen molar-refractivity contribution < 1.29 is 4.52 Å². The maximum atomic E-state index is 5.56. The van der Waals surface area contributed by atoms with Crippen molar-refractivity contribution in [2.24, 2.45) is 0 Å². The highest BCUT2D eigenvalue weighted by Gasteiger charge is 2.36. The Hall–Kier alpha value is -4.18. The molecule has 33 heavy (non-hydrogen) atoms. The van der Waals surface area contributed by atoms with Crippen LogP contribution in [0.1, 0.15) is 25.0 Å². The maximum Gasteiger partial charge on any atom is 0.258 e. The quantitative estimate of drug-likeness (QED) is 0.297. The van der Waals surface area contributed by atoms with E-state index in [9.17, 15) is 0 Å². The van der Waals surface area contributed by atoms with E-state index in [2.05, 4.69) is 89.6 Å². The van der Waals surface area contributed by atoms with Crippen molar-refractivity contribution in [3.63, 3.8) is 0 Å². The lowest BCUT2D eigenvalue weighted by atomic mass is 9.73. The molecule has 1 aliphatic rings. The van der Waals surface area contributed by atoms with E-state index >= 15 is 0 Å². The summed E-state index contributed by atoms with van der Waals surface area (Å²) in [6, 6.07) is 35.5. The lowest BCUT2D eigenvalue weighted by Crippen LogP contribution is -2.30. The molecule has 0 saturated heterocycles. The number of benzene rings is 4. The summed E-state index contributed by atoms with van der Waals surface area (Å²) in [5.41, 5.74) is 7.91. The molecular weight excluding hydrogens is 406 g/mol. The van der Waals surface area contributed by atoms with Crippen LogP contribution in [0, 0.1) is 0 Å². The molecule has 5 aromatic rings. The van der Waals surface area contributed by atoms with E-state index in [-0.39, 0.29) is 5.41 Å². The Morgan fingerprint density at radius 3 is 1.85 bits per heavy atom. The summed E-state index contributed by atoms with van der Waals surface area (Å²) in [5.74, 6) is 1.11.